The Hall–Kier alpha value is -3.48. The second-order valence-electron chi connectivity index (χ2n) is 9.22. The quantitative estimate of drug-likeness (QED) is 0.536. The summed E-state index contributed by atoms with van der Waals surface area (Å²) in [7, 11) is 1.65. The van der Waals surface area contributed by atoms with Crippen LogP contribution < -0.4 is 19.5 Å². The van der Waals surface area contributed by atoms with Gasteiger partial charge in [-0.1, -0.05) is 6.42 Å². The van der Waals surface area contributed by atoms with Gasteiger partial charge in [0.15, 0.2) is 12.4 Å². The van der Waals surface area contributed by atoms with E-state index in [0.717, 1.165) is 47.9 Å². The van der Waals surface area contributed by atoms with Crippen LogP contribution >= 0.6 is 0 Å². The van der Waals surface area contributed by atoms with Gasteiger partial charge >= 0.3 is 0 Å². The van der Waals surface area contributed by atoms with Crippen molar-refractivity contribution in [3.8, 4) is 17.2 Å². The van der Waals surface area contributed by atoms with Crippen LogP contribution in [0.5, 0.6) is 17.2 Å². The molecular formula is C27H30N2O5. The number of Topliss-reactive ketones (excluding diaryl/α,β-unsaturated/α-hetero) is 1. The average Bonchev–Trinajstić information content (AvgIpc) is 3.25. The summed E-state index contributed by atoms with van der Waals surface area (Å²) in [5.41, 5.74) is 2.37. The summed E-state index contributed by atoms with van der Waals surface area (Å²) in [6.45, 7) is 0.411. The number of carbonyl (C=O) groups is 2. The molecule has 1 aliphatic carbocycles. The molecule has 1 aromatic heterocycles. The maximum Gasteiger partial charge on any atom is 0.257 e. The van der Waals surface area contributed by atoms with E-state index in [2.05, 4.69) is 10.3 Å². The zero-order valence-electron chi connectivity index (χ0n) is 19.4. The molecule has 178 valence electrons. The van der Waals surface area contributed by atoms with Crippen molar-refractivity contribution in [1.29, 1.82) is 0 Å². The van der Waals surface area contributed by atoms with Crippen LogP contribution in [0.1, 0.15) is 54.4 Å². The standard InChI is InChI=1S/C27H30N2O5/c1-32-19-5-7-21-18(16-29-23(21)13-19)9-12-28-26(31)17-33-20-6-8-22-24(30)15-27(34-25(22)14-20)10-3-2-4-11-27/h5-8,13-14,16,29H,2-4,9-12,15,17H2,1H3,(H,28,31). The van der Waals surface area contributed by atoms with Crippen molar-refractivity contribution in [2.75, 3.05) is 20.3 Å². The van der Waals surface area contributed by atoms with Crippen LogP contribution in [0.4, 0.5) is 0 Å². The second-order valence-corrected chi connectivity index (χ2v) is 9.22. The van der Waals surface area contributed by atoms with Gasteiger partial charge < -0.3 is 24.5 Å². The van der Waals surface area contributed by atoms with Gasteiger partial charge in [0.25, 0.3) is 5.91 Å². The van der Waals surface area contributed by atoms with Gasteiger partial charge in [0.1, 0.15) is 22.8 Å². The van der Waals surface area contributed by atoms with Crippen molar-refractivity contribution in [2.45, 2.75) is 50.5 Å². The number of nitrogens with one attached hydrogen (secondary N) is 2. The summed E-state index contributed by atoms with van der Waals surface area (Å²) in [4.78, 5) is 28.2. The fraction of sp³-hybridized carbons (Fsp3) is 0.407. The average molecular weight is 463 g/mol. The summed E-state index contributed by atoms with van der Waals surface area (Å²) in [6.07, 6.45) is 8.31. The van der Waals surface area contributed by atoms with Gasteiger partial charge in [-0.05, 0) is 61.9 Å². The first kappa shape index (κ1) is 22.3. The van der Waals surface area contributed by atoms with Gasteiger partial charge in [-0.15, -0.1) is 0 Å². The topological polar surface area (TPSA) is 89.7 Å². The Morgan fingerprint density at radius 1 is 1.12 bits per heavy atom. The maximum atomic E-state index is 12.7. The Balaban J connectivity index is 1.14. The molecule has 7 heteroatoms. The molecule has 1 saturated carbocycles. The van der Waals surface area contributed by atoms with Gasteiger partial charge in [0, 0.05) is 35.8 Å². The van der Waals surface area contributed by atoms with E-state index in [0.29, 0.717) is 36.4 Å². The van der Waals surface area contributed by atoms with Crippen LogP contribution in [-0.4, -0.2) is 42.5 Å². The van der Waals surface area contributed by atoms with Crippen LogP contribution in [0.25, 0.3) is 10.9 Å². The molecule has 0 unspecified atom stereocenters. The molecule has 0 bridgehead atoms. The third kappa shape index (κ3) is 4.60. The summed E-state index contributed by atoms with van der Waals surface area (Å²) in [5, 5.41) is 4.02. The zero-order chi connectivity index (χ0) is 23.5. The lowest BCUT2D eigenvalue weighted by molar-refractivity contribution is -0.123. The van der Waals surface area contributed by atoms with Gasteiger partial charge in [-0.3, -0.25) is 9.59 Å². The normalized spacial score (nSPS) is 16.7. The van der Waals surface area contributed by atoms with Crippen LogP contribution in [0.15, 0.2) is 42.6 Å². The van der Waals surface area contributed by atoms with Crippen molar-refractivity contribution in [3.05, 3.63) is 53.7 Å². The molecule has 1 fully saturated rings. The Kier molecular flexibility index (Phi) is 6.18. The van der Waals surface area contributed by atoms with E-state index in [1.807, 2.05) is 24.4 Å². The smallest absolute Gasteiger partial charge is 0.257 e. The summed E-state index contributed by atoms with van der Waals surface area (Å²) in [5.74, 6) is 1.84. The predicted octanol–water partition coefficient (Wildman–Crippen LogP) is 4.58. The summed E-state index contributed by atoms with van der Waals surface area (Å²) < 4.78 is 17.3. The van der Waals surface area contributed by atoms with Crippen molar-refractivity contribution >= 4 is 22.6 Å². The van der Waals surface area contributed by atoms with Crippen LogP contribution in [0, 0.1) is 0 Å². The number of amides is 1. The number of fused-ring (bicyclic) bond motifs is 2. The third-order valence-corrected chi connectivity index (χ3v) is 6.89. The van der Waals surface area contributed by atoms with Crippen molar-refractivity contribution in [2.24, 2.45) is 0 Å². The molecule has 2 heterocycles. The lowest BCUT2D eigenvalue weighted by Gasteiger charge is -2.40. The first-order valence-corrected chi connectivity index (χ1v) is 11.9. The van der Waals surface area contributed by atoms with E-state index < -0.39 is 0 Å². The van der Waals surface area contributed by atoms with E-state index in [1.54, 1.807) is 25.3 Å². The number of benzene rings is 2. The maximum absolute atomic E-state index is 12.7. The van der Waals surface area contributed by atoms with E-state index in [4.69, 9.17) is 14.2 Å². The highest BCUT2D eigenvalue weighted by Gasteiger charge is 2.41. The molecule has 1 amide bonds. The Morgan fingerprint density at radius 3 is 2.76 bits per heavy atom. The third-order valence-electron chi connectivity index (χ3n) is 6.89. The Morgan fingerprint density at radius 2 is 1.94 bits per heavy atom. The van der Waals surface area contributed by atoms with Gasteiger partial charge in [0.05, 0.1) is 19.1 Å². The first-order chi connectivity index (χ1) is 16.5. The first-order valence-electron chi connectivity index (χ1n) is 11.9. The number of aromatic amines is 1. The molecule has 3 aromatic rings. The highest BCUT2D eigenvalue weighted by atomic mass is 16.5. The van der Waals surface area contributed by atoms with Gasteiger partial charge in [-0.25, -0.2) is 0 Å². The highest BCUT2D eigenvalue weighted by molar-refractivity contribution is 6.00. The minimum absolute atomic E-state index is 0.0943. The number of hydrogen-bond donors (Lipinski definition) is 2. The number of ketones is 1. The van der Waals surface area contributed by atoms with Crippen LogP contribution in [0.2, 0.25) is 0 Å². The number of H-pyrrole nitrogens is 1. The molecule has 2 aromatic carbocycles. The number of carbonyl (C=O) groups excluding carboxylic acids is 2. The van der Waals surface area contributed by atoms with Gasteiger partial charge in [0.2, 0.25) is 0 Å². The number of rotatable bonds is 7. The lowest BCUT2D eigenvalue weighted by atomic mass is 9.78. The monoisotopic (exact) mass is 462 g/mol. The molecule has 1 aliphatic heterocycles. The van der Waals surface area contributed by atoms with E-state index in [1.165, 1.54) is 6.42 Å². The summed E-state index contributed by atoms with van der Waals surface area (Å²) >= 11 is 0. The number of hydrogen-bond acceptors (Lipinski definition) is 5. The summed E-state index contributed by atoms with van der Waals surface area (Å²) in [6, 6.07) is 11.1. The molecule has 34 heavy (non-hydrogen) atoms. The van der Waals surface area contributed by atoms with Crippen LogP contribution in [-0.2, 0) is 11.2 Å². The Bertz CT molecular complexity index is 1210. The fourth-order valence-electron chi connectivity index (χ4n) is 5.08. The largest absolute Gasteiger partial charge is 0.497 e. The molecule has 2 N–H and O–H groups in total. The van der Waals surface area contributed by atoms with Crippen molar-refractivity contribution in [1.82, 2.24) is 10.3 Å². The number of methoxy groups -OCH3 is 1. The van der Waals surface area contributed by atoms with Crippen LogP contribution in [0.3, 0.4) is 0 Å². The highest BCUT2D eigenvalue weighted by Crippen LogP contribution is 2.42. The number of aromatic nitrogens is 1. The fourth-order valence-corrected chi connectivity index (χ4v) is 5.08. The molecule has 0 radical (unpaired) electrons. The molecule has 7 nitrogen and oxygen atoms in total. The van der Waals surface area contributed by atoms with Gasteiger partial charge in [-0.2, -0.15) is 0 Å². The van der Waals surface area contributed by atoms with E-state index in [9.17, 15) is 9.59 Å². The zero-order valence-corrected chi connectivity index (χ0v) is 19.4. The molecule has 0 saturated heterocycles. The number of ether oxygens (including phenoxy) is 3. The molecule has 0 atom stereocenters. The van der Waals surface area contributed by atoms with E-state index >= 15 is 0 Å². The molecule has 5 rings (SSSR count). The second kappa shape index (κ2) is 9.41. The van der Waals surface area contributed by atoms with Crippen molar-refractivity contribution < 1.29 is 23.8 Å². The predicted molar refractivity (Wildman–Crippen MR) is 129 cm³/mol. The van der Waals surface area contributed by atoms with Crippen molar-refractivity contribution in [3.63, 3.8) is 0 Å². The van der Waals surface area contributed by atoms with E-state index in [-0.39, 0.29) is 23.9 Å². The SMILES string of the molecule is COc1ccc2c(CCNC(=O)COc3ccc4c(c3)OC3(CCCCC3)CC4=O)c[nH]c2c1. The molecule has 2 aliphatic rings. The Labute approximate surface area is 198 Å². The minimum Gasteiger partial charge on any atom is -0.497 e. The molecule has 1 spiro atoms. The molecular weight excluding hydrogens is 432 g/mol. The lowest BCUT2D eigenvalue weighted by Crippen LogP contribution is -2.43. The minimum atomic E-state index is -0.369.